The lowest BCUT2D eigenvalue weighted by molar-refractivity contribution is -0.150. The lowest BCUT2D eigenvalue weighted by atomic mass is 9.98. The number of anilines is 2. The van der Waals surface area contributed by atoms with Crippen LogP contribution in [0.2, 0.25) is 0 Å². The number of thioether (sulfide) groups is 1. The van der Waals surface area contributed by atoms with Crippen LogP contribution in [0.15, 0.2) is 46.1 Å². The van der Waals surface area contributed by atoms with Crippen LogP contribution in [0, 0.1) is 0 Å². The highest BCUT2D eigenvalue weighted by molar-refractivity contribution is 8.00. The molecule has 2 atom stereocenters. The minimum absolute atomic E-state index is 0.154. The highest BCUT2D eigenvalue weighted by Gasteiger charge is 2.54. The van der Waals surface area contributed by atoms with Gasteiger partial charge in [-0.15, -0.1) is 23.1 Å². The molecule has 2 aromatic rings. The van der Waals surface area contributed by atoms with Crippen LogP contribution in [0.5, 0.6) is 0 Å². The van der Waals surface area contributed by atoms with Crippen LogP contribution in [0.3, 0.4) is 0 Å². The van der Waals surface area contributed by atoms with Crippen molar-refractivity contribution in [2.75, 3.05) is 29.6 Å². The number of carboxylic acids is 1. The third-order valence-electron chi connectivity index (χ3n) is 5.35. The Balaban J connectivity index is 1.53. The van der Waals surface area contributed by atoms with Crippen LogP contribution in [0.4, 0.5) is 10.8 Å². The van der Waals surface area contributed by atoms with Crippen molar-refractivity contribution in [2.45, 2.75) is 17.8 Å². The zero-order valence-corrected chi connectivity index (χ0v) is 21.9. The van der Waals surface area contributed by atoms with Crippen molar-refractivity contribution in [1.82, 2.24) is 15.2 Å². The second-order valence-corrected chi connectivity index (χ2v) is 11.8. The summed E-state index contributed by atoms with van der Waals surface area (Å²) < 4.78 is 25.5. The SMILES string of the molecule is CON=C(C(=O)N[C@@H]1C(=O)N2C(C(=O)O)=C(Cc3cccc(NS(C)(=O)=O)c3)CS[C@H]12)c1csc(N)n1. The molecule has 2 aliphatic rings. The second-order valence-electron chi connectivity index (χ2n) is 8.06. The second kappa shape index (κ2) is 10.4. The fourth-order valence-electron chi connectivity index (χ4n) is 3.93. The number of carbonyl (C=O) groups is 3. The Bertz CT molecular complexity index is 1440. The lowest BCUT2D eigenvalue weighted by Gasteiger charge is -2.49. The van der Waals surface area contributed by atoms with Crippen molar-refractivity contribution in [3.8, 4) is 0 Å². The quantitative estimate of drug-likeness (QED) is 0.188. The molecule has 3 heterocycles. The molecule has 0 bridgehead atoms. The summed E-state index contributed by atoms with van der Waals surface area (Å²) in [4.78, 5) is 47.9. The number of hydrogen-bond donors (Lipinski definition) is 4. The average molecular weight is 567 g/mol. The third-order valence-corrected chi connectivity index (χ3v) is 7.97. The summed E-state index contributed by atoms with van der Waals surface area (Å²) in [7, 11) is -2.22. The number of nitrogen functional groups attached to an aromatic ring is 1. The Morgan fingerprint density at radius 3 is 2.76 bits per heavy atom. The molecule has 0 saturated carbocycles. The minimum atomic E-state index is -3.48. The van der Waals surface area contributed by atoms with E-state index < -0.39 is 39.2 Å². The highest BCUT2D eigenvalue weighted by atomic mass is 32.2. The van der Waals surface area contributed by atoms with E-state index in [4.69, 9.17) is 10.6 Å². The van der Waals surface area contributed by atoms with Crippen molar-refractivity contribution < 1.29 is 32.7 Å². The summed E-state index contributed by atoms with van der Waals surface area (Å²) in [5, 5.41) is 17.3. The van der Waals surface area contributed by atoms with Gasteiger partial charge < -0.3 is 21.0 Å². The van der Waals surface area contributed by atoms with Gasteiger partial charge in [0.15, 0.2) is 10.8 Å². The van der Waals surface area contributed by atoms with Gasteiger partial charge in [0, 0.05) is 16.8 Å². The maximum atomic E-state index is 13.0. The molecule has 0 spiro atoms. The number of nitrogens with one attached hydrogen (secondary N) is 2. The first-order chi connectivity index (χ1) is 17.5. The van der Waals surface area contributed by atoms with E-state index in [9.17, 15) is 27.9 Å². The largest absolute Gasteiger partial charge is 0.477 e. The van der Waals surface area contributed by atoms with Gasteiger partial charge in [-0.2, -0.15) is 0 Å². The fraction of sp³-hybridized carbons (Fsp3) is 0.286. The summed E-state index contributed by atoms with van der Waals surface area (Å²) in [6.07, 6.45) is 1.22. The summed E-state index contributed by atoms with van der Waals surface area (Å²) in [6.45, 7) is 0. The molecule has 1 saturated heterocycles. The van der Waals surface area contributed by atoms with E-state index in [0.717, 1.165) is 22.5 Å². The molecule has 2 amide bonds. The van der Waals surface area contributed by atoms with Crippen molar-refractivity contribution in [1.29, 1.82) is 0 Å². The maximum Gasteiger partial charge on any atom is 0.352 e. The Kier molecular flexibility index (Phi) is 7.42. The van der Waals surface area contributed by atoms with Gasteiger partial charge in [-0.05, 0) is 29.7 Å². The molecule has 0 aliphatic carbocycles. The maximum absolute atomic E-state index is 13.0. The number of carbonyl (C=O) groups excluding carboxylic acids is 2. The van der Waals surface area contributed by atoms with E-state index >= 15 is 0 Å². The Hall–Kier alpha value is -3.63. The van der Waals surface area contributed by atoms with Gasteiger partial charge in [-0.1, -0.05) is 17.3 Å². The first-order valence-corrected chi connectivity index (χ1v) is 14.4. The summed E-state index contributed by atoms with van der Waals surface area (Å²) in [5.41, 5.74) is 7.00. The molecular formula is C21H22N6O7S3. The molecule has 4 rings (SSSR count). The Morgan fingerprint density at radius 1 is 1.38 bits per heavy atom. The number of oxime groups is 1. The van der Waals surface area contributed by atoms with Crippen molar-refractivity contribution in [2.24, 2.45) is 5.16 Å². The lowest BCUT2D eigenvalue weighted by Crippen LogP contribution is -2.71. The molecule has 0 unspecified atom stereocenters. The van der Waals surface area contributed by atoms with E-state index in [1.165, 1.54) is 24.3 Å². The van der Waals surface area contributed by atoms with Gasteiger partial charge in [0.05, 0.1) is 6.26 Å². The van der Waals surface area contributed by atoms with Crippen LogP contribution in [-0.4, -0.2) is 77.4 Å². The van der Waals surface area contributed by atoms with E-state index in [1.807, 2.05) is 0 Å². The predicted octanol–water partition coefficient (Wildman–Crippen LogP) is 0.429. The van der Waals surface area contributed by atoms with Gasteiger partial charge >= 0.3 is 5.97 Å². The Labute approximate surface area is 219 Å². The van der Waals surface area contributed by atoms with Gasteiger partial charge in [0.25, 0.3) is 11.8 Å². The first kappa shape index (κ1) is 26.4. The number of fused-ring (bicyclic) bond motifs is 1. The normalized spacial score (nSPS) is 19.7. The predicted molar refractivity (Wildman–Crippen MR) is 138 cm³/mol. The zero-order chi connectivity index (χ0) is 26.9. The molecule has 5 N–H and O–H groups in total. The summed E-state index contributed by atoms with van der Waals surface area (Å²) in [6, 6.07) is 5.59. The first-order valence-electron chi connectivity index (χ1n) is 10.6. The number of hydrogen-bond acceptors (Lipinski definition) is 11. The number of aliphatic carboxylic acids is 1. The molecule has 196 valence electrons. The van der Waals surface area contributed by atoms with Crippen molar-refractivity contribution in [3.05, 3.63) is 52.2 Å². The number of benzene rings is 1. The van der Waals surface area contributed by atoms with E-state index in [2.05, 4.69) is 20.2 Å². The van der Waals surface area contributed by atoms with E-state index in [1.54, 1.807) is 24.3 Å². The number of nitrogens with zero attached hydrogens (tertiary/aromatic N) is 3. The van der Waals surface area contributed by atoms with Gasteiger partial charge in [-0.25, -0.2) is 18.2 Å². The molecule has 16 heteroatoms. The summed E-state index contributed by atoms with van der Waals surface area (Å²) >= 11 is 2.41. The molecule has 37 heavy (non-hydrogen) atoms. The number of β-lactam (4-membered cyclic amide) rings is 1. The highest BCUT2D eigenvalue weighted by Crippen LogP contribution is 2.41. The number of amides is 2. The van der Waals surface area contributed by atoms with Crippen LogP contribution in [0.1, 0.15) is 11.3 Å². The molecular weight excluding hydrogens is 544 g/mol. The standard InChI is InChI=1S/C21H22N6O7S3/c1-34-25-14(13-9-36-21(22)23-13)17(28)24-15-18(29)27-16(20(30)31)11(8-35-19(15)27)6-10-4-3-5-12(7-10)26-37(2,32)33/h3-5,7,9,15,19,26H,6,8H2,1-2H3,(H2,22,23)(H,24,28)(H,30,31)/t15-,19-/m1/s1. The molecule has 2 aliphatic heterocycles. The van der Waals surface area contributed by atoms with Crippen LogP contribution in [-0.2, 0) is 35.7 Å². The molecule has 1 aromatic carbocycles. The average Bonchev–Trinajstić information content (AvgIpc) is 3.25. The van der Waals surface area contributed by atoms with E-state index in [0.29, 0.717) is 16.8 Å². The third kappa shape index (κ3) is 5.70. The summed E-state index contributed by atoms with van der Waals surface area (Å²) in [5.74, 6) is -2.29. The van der Waals surface area contributed by atoms with Crippen LogP contribution >= 0.6 is 23.1 Å². The number of carboxylic acid groups (broad SMARTS) is 1. The van der Waals surface area contributed by atoms with Crippen molar-refractivity contribution in [3.63, 3.8) is 0 Å². The monoisotopic (exact) mass is 566 g/mol. The zero-order valence-electron chi connectivity index (χ0n) is 19.5. The van der Waals surface area contributed by atoms with E-state index in [-0.39, 0.29) is 34.4 Å². The number of nitrogens with two attached hydrogens (primary N) is 1. The molecule has 1 aromatic heterocycles. The number of rotatable bonds is 9. The Morgan fingerprint density at radius 2 is 2.14 bits per heavy atom. The van der Waals surface area contributed by atoms with Gasteiger partial charge in [0.2, 0.25) is 10.0 Å². The minimum Gasteiger partial charge on any atom is -0.477 e. The molecule has 1 fully saturated rings. The number of sulfonamides is 1. The van der Waals surface area contributed by atoms with Crippen LogP contribution in [0.25, 0.3) is 0 Å². The van der Waals surface area contributed by atoms with Crippen molar-refractivity contribution >= 4 is 67.4 Å². The van der Waals surface area contributed by atoms with Gasteiger partial charge in [-0.3, -0.25) is 19.2 Å². The van der Waals surface area contributed by atoms with Gasteiger partial charge in [0.1, 0.15) is 29.9 Å². The molecule has 13 nitrogen and oxygen atoms in total. The fourth-order valence-corrected chi connectivity index (χ4v) is 6.38. The topological polar surface area (TPSA) is 193 Å². The smallest absolute Gasteiger partial charge is 0.352 e. The number of thiazole rings is 1. The number of aromatic nitrogens is 1. The molecule has 0 radical (unpaired) electrons. The van der Waals surface area contributed by atoms with Crippen LogP contribution < -0.4 is 15.8 Å².